The van der Waals surface area contributed by atoms with Gasteiger partial charge >= 0.3 is 5.97 Å². The molecule has 2 fully saturated rings. The normalized spacial score (nSPS) is 22.9. The molecule has 1 aromatic rings. The fraction of sp³-hybridized carbons (Fsp3) is 0.643. The Balaban J connectivity index is 1.64. The topological polar surface area (TPSA) is 45.5 Å². The van der Waals surface area contributed by atoms with E-state index in [0.29, 0.717) is 11.7 Å². The van der Waals surface area contributed by atoms with Crippen LogP contribution in [-0.2, 0) is 0 Å². The van der Waals surface area contributed by atoms with E-state index in [-0.39, 0.29) is 0 Å². The molecule has 18 heavy (non-hydrogen) atoms. The Morgan fingerprint density at radius 3 is 2.44 bits per heavy atom. The average Bonchev–Trinajstić information content (AvgIpc) is 2.76. The van der Waals surface area contributed by atoms with Crippen LogP contribution in [0.15, 0.2) is 18.3 Å². The first-order chi connectivity index (χ1) is 8.75. The Morgan fingerprint density at radius 1 is 1.17 bits per heavy atom. The number of nitrogens with zero attached hydrogens (tertiary/aromatic N) is 2. The monoisotopic (exact) mass is 248 g/mol. The molecule has 3 rings (SSSR count). The van der Waals surface area contributed by atoms with Crippen LogP contribution in [-0.4, -0.2) is 39.7 Å². The standard InChI is InChI=1S/C14H20N2O2/c17-14(18)13-5-2-8-16(13)12-6-9-15(10-7-12)11-3-1-4-11/h2,5,8,11-12H,1,3-4,6-7,9-10H2,(H,17,18). The number of carboxylic acids is 1. The molecule has 4 heteroatoms. The Bertz CT molecular complexity index is 429. The van der Waals surface area contributed by atoms with Gasteiger partial charge in [-0.1, -0.05) is 6.42 Å². The molecule has 4 nitrogen and oxygen atoms in total. The lowest BCUT2D eigenvalue weighted by atomic mass is 9.89. The molecule has 0 spiro atoms. The maximum absolute atomic E-state index is 11.1. The zero-order valence-corrected chi connectivity index (χ0v) is 10.6. The third-order valence-electron chi connectivity index (χ3n) is 4.48. The van der Waals surface area contributed by atoms with Gasteiger partial charge in [-0.05, 0) is 37.8 Å². The van der Waals surface area contributed by atoms with E-state index in [4.69, 9.17) is 5.11 Å². The molecule has 1 N–H and O–H groups in total. The minimum Gasteiger partial charge on any atom is -0.477 e. The molecular weight excluding hydrogens is 228 g/mol. The minimum absolute atomic E-state index is 0.363. The number of carboxylic acid groups (broad SMARTS) is 1. The van der Waals surface area contributed by atoms with Crippen LogP contribution in [0.3, 0.4) is 0 Å². The van der Waals surface area contributed by atoms with Gasteiger partial charge in [0.2, 0.25) is 0 Å². The van der Waals surface area contributed by atoms with Gasteiger partial charge < -0.3 is 14.6 Å². The Labute approximate surface area is 107 Å². The quantitative estimate of drug-likeness (QED) is 0.893. The number of rotatable bonds is 3. The van der Waals surface area contributed by atoms with Gasteiger partial charge in [0, 0.05) is 31.4 Å². The first kappa shape index (κ1) is 11.8. The summed E-state index contributed by atoms with van der Waals surface area (Å²) in [7, 11) is 0. The summed E-state index contributed by atoms with van der Waals surface area (Å²) < 4.78 is 1.94. The largest absolute Gasteiger partial charge is 0.477 e. The molecule has 0 amide bonds. The Kier molecular flexibility index (Phi) is 3.12. The lowest BCUT2D eigenvalue weighted by Gasteiger charge is -2.42. The van der Waals surface area contributed by atoms with Gasteiger partial charge in [-0.2, -0.15) is 0 Å². The number of aromatic nitrogens is 1. The highest BCUT2D eigenvalue weighted by molar-refractivity contribution is 5.85. The number of carbonyl (C=O) groups is 1. The second kappa shape index (κ2) is 4.76. The van der Waals surface area contributed by atoms with E-state index in [0.717, 1.165) is 32.0 Å². The number of likely N-dealkylation sites (tertiary alicyclic amines) is 1. The van der Waals surface area contributed by atoms with E-state index in [1.807, 2.05) is 16.8 Å². The maximum atomic E-state index is 11.1. The first-order valence-corrected chi connectivity index (χ1v) is 6.90. The third-order valence-corrected chi connectivity index (χ3v) is 4.48. The van der Waals surface area contributed by atoms with Gasteiger partial charge in [-0.3, -0.25) is 0 Å². The minimum atomic E-state index is -0.818. The molecule has 0 bridgehead atoms. The summed E-state index contributed by atoms with van der Waals surface area (Å²) >= 11 is 0. The Morgan fingerprint density at radius 2 is 1.89 bits per heavy atom. The van der Waals surface area contributed by atoms with Crippen LogP contribution in [0.5, 0.6) is 0 Å². The van der Waals surface area contributed by atoms with Gasteiger partial charge in [0.25, 0.3) is 0 Å². The van der Waals surface area contributed by atoms with Gasteiger partial charge in [0.05, 0.1) is 0 Å². The predicted molar refractivity (Wildman–Crippen MR) is 68.9 cm³/mol. The maximum Gasteiger partial charge on any atom is 0.352 e. The number of hydrogen-bond donors (Lipinski definition) is 1. The van der Waals surface area contributed by atoms with Crippen LogP contribution in [0.4, 0.5) is 0 Å². The number of aromatic carboxylic acids is 1. The first-order valence-electron chi connectivity index (χ1n) is 6.90. The molecule has 98 valence electrons. The second-order valence-electron chi connectivity index (χ2n) is 5.46. The summed E-state index contributed by atoms with van der Waals surface area (Å²) in [6.07, 6.45) is 8.15. The van der Waals surface area contributed by atoms with Crippen LogP contribution in [0.1, 0.15) is 48.6 Å². The van der Waals surface area contributed by atoms with Crippen molar-refractivity contribution in [3.8, 4) is 0 Å². The van der Waals surface area contributed by atoms with Crippen molar-refractivity contribution < 1.29 is 9.90 Å². The zero-order chi connectivity index (χ0) is 12.5. The van der Waals surface area contributed by atoms with Crippen LogP contribution in [0, 0.1) is 0 Å². The smallest absolute Gasteiger partial charge is 0.352 e. The second-order valence-corrected chi connectivity index (χ2v) is 5.46. The molecule has 0 radical (unpaired) electrons. The molecule has 1 saturated heterocycles. The molecule has 2 heterocycles. The molecule has 0 atom stereocenters. The average molecular weight is 248 g/mol. The highest BCUT2D eigenvalue weighted by Crippen LogP contribution is 2.31. The third kappa shape index (κ3) is 2.05. The highest BCUT2D eigenvalue weighted by atomic mass is 16.4. The van der Waals surface area contributed by atoms with E-state index >= 15 is 0 Å². The Hall–Kier alpha value is -1.29. The van der Waals surface area contributed by atoms with Gasteiger partial charge in [0.15, 0.2) is 0 Å². The van der Waals surface area contributed by atoms with E-state index in [2.05, 4.69) is 4.90 Å². The summed E-state index contributed by atoms with van der Waals surface area (Å²) in [5.74, 6) is -0.818. The van der Waals surface area contributed by atoms with E-state index in [1.54, 1.807) is 6.07 Å². The van der Waals surface area contributed by atoms with Crippen molar-refractivity contribution >= 4 is 5.97 Å². The van der Waals surface area contributed by atoms with Crippen molar-refractivity contribution in [2.45, 2.75) is 44.2 Å². The van der Waals surface area contributed by atoms with Crippen LogP contribution in [0.25, 0.3) is 0 Å². The van der Waals surface area contributed by atoms with Gasteiger partial charge in [-0.15, -0.1) is 0 Å². The van der Waals surface area contributed by atoms with E-state index in [9.17, 15) is 4.79 Å². The van der Waals surface area contributed by atoms with Gasteiger partial charge in [-0.25, -0.2) is 4.79 Å². The van der Waals surface area contributed by atoms with Crippen molar-refractivity contribution in [1.29, 1.82) is 0 Å². The molecule has 1 aliphatic carbocycles. The van der Waals surface area contributed by atoms with Crippen LogP contribution in [0.2, 0.25) is 0 Å². The molecular formula is C14H20N2O2. The lowest BCUT2D eigenvalue weighted by molar-refractivity contribution is 0.0662. The van der Waals surface area contributed by atoms with Crippen molar-refractivity contribution in [2.24, 2.45) is 0 Å². The number of piperidine rings is 1. The summed E-state index contributed by atoms with van der Waals surface area (Å²) in [6, 6.07) is 4.71. The zero-order valence-electron chi connectivity index (χ0n) is 10.6. The van der Waals surface area contributed by atoms with Crippen LogP contribution >= 0.6 is 0 Å². The molecule has 1 aromatic heterocycles. The fourth-order valence-corrected chi connectivity index (χ4v) is 3.17. The summed E-state index contributed by atoms with van der Waals surface area (Å²) in [5.41, 5.74) is 0.428. The summed E-state index contributed by atoms with van der Waals surface area (Å²) in [4.78, 5) is 13.7. The SMILES string of the molecule is O=C(O)c1cccn1C1CCN(C2CCC2)CC1. The lowest BCUT2D eigenvalue weighted by Crippen LogP contribution is -2.45. The van der Waals surface area contributed by atoms with Crippen molar-refractivity contribution in [1.82, 2.24) is 9.47 Å². The molecule has 0 unspecified atom stereocenters. The van der Waals surface area contributed by atoms with E-state index < -0.39 is 5.97 Å². The van der Waals surface area contributed by atoms with Crippen molar-refractivity contribution in [3.63, 3.8) is 0 Å². The van der Waals surface area contributed by atoms with Crippen molar-refractivity contribution in [2.75, 3.05) is 13.1 Å². The molecule has 1 aliphatic heterocycles. The van der Waals surface area contributed by atoms with E-state index in [1.165, 1.54) is 19.3 Å². The highest BCUT2D eigenvalue weighted by Gasteiger charge is 2.29. The molecule has 1 saturated carbocycles. The predicted octanol–water partition coefficient (Wildman–Crippen LogP) is 2.38. The molecule has 2 aliphatic rings. The van der Waals surface area contributed by atoms with Gasteiger partial charge in [0.1, 0.15) is 5.69 Å². The summed E-state index contributed by atoms with van der Waals surface area (Å²) in [5, 5.41) is 9.14. The van der Waals surface area contributed by atoms with Crippen LogP contribution < -0.4 is 0 Å². The number of hydrogen-bond acceptors (Lipinski definition) is 2. The van der Waals surface area contributed by atoms with Crippen molar-refractivity contribution in [3.05, 3.63) is 24.0 Å². The molecule has 0 aromatic carbocycles. The summed E-state index contributed by atoms with van der Waals surface area (Å²) in [6.45, 7) is 2.24. The fourth-order valence-electron chi connectivity index (χ4n) is 3.17.